The van der Waals surface area contributed by atoms with E-state index in [4.69, 9.17) is 14.2 Å². The van der Waals surface area contributed by atoms with E-state index in [9.17, 15) is 9.59 Å². The molecule has 5 atom stereocenters. The highest BCUT2D eigenvalue weighted by molar-refractivity contribution is 5.95. The van der Waals surface area contributed by atoms with E-state index < -0.39 is 17.9 Å². The van der Waals surface area contributed by atoms with E-state index in [1.807, 2.05) is 6.07 Å². The third-order valence-corrected chi connectivity index (χ3v) is 7.50. The number of esters is 2. The normalized spacial score (nSPS) is 25.9. The number of carbonyl (C=O) groups is 2. The Balaban J connectivity index is 1.76. The predicted octanol–water partition coefficient (Wildman–Crippen LogP) is 4.42. The molecule has 6 nitrogen and oxygen atoms in total. The summed E-state index contributed by atoms with van der Waals surface area (Å²) in [4.78, 5) is 28.1. The number of para-hydroxylation sites is 1. The van der Waals surface area contributed by atoms with Gasteiger partial charge in [-0.3, -0.25) is 9.59 Å². The smallest absolute Gasteiger partial charge is 0.320 e. The average Bonchev–Trinajstić information content (AvgIpc) is 2.85. The summed E-state index contributed by atoms with van der Waals surface area (Å²) >= 11 is 0. The van der Waals surface area contributed by atoms with Crippen molar-refractivity contribution in [1.29, 1.82) is 0 Å². The van der Waals surface area contributed by atoms with Crippen molar-refractivity contribution in [3.05, 3.63) is 65.7 Å². The first-order valence-corrected chi connectivity index (χ1v) is 12.2. The molecule has 0 amide bonds. The highest BCUT2D eigenvalue weighted by atomic mass is 16.6. The first-order valence-electron chi connectivity index (χ1n) is 12.2. The van der Waals surface area contributed by atoms with E-state index in [0.29, 0.717) is 12.8 Å². The molecule has 0 spiro atoms. The van der Waals surface area contributed by atoms with Gasteiger partial charge in [-0.1, -0.05) is 48.5 Å². The van der Waals surface area contributed by atoms with Crippen molar-refractivity contribution in [1.82, 2.24) is 0 Å². The molecule has 0 aromatic heterocycles. The van der Waals surface area contributed by atoms with Crippen molar-refractivity contribution in [2.24, 2.45) is 17.8 Å². The van der Waals surface area contributed by atoms with Gasteiger partial charge in [-0.2, -0.15) is 0 Å². The summed E-state index contributed by atoms with van der Waals surface area (Å²) in [6.45, 7) is 3.96. The molecule has 0 unspecified atom stereocenters. The van der Waals surface area contributed by atoms with Crippen LogP contribution in [0.3, 0.4) is 0 Å². The molecule has 0 bridgehead atoms. The zero-order valence-corrected chi connectivity index (χ0v) is 20.5. The molecule has 34 heavy (non-hydrogen) atoms. The van der Waals surface area contributed by atoms with Crippen molar-refractivity contribution >= 4 is 17.6 Å². The molecule has 182 valence electrons. The van der Waals surface area contributed by atoms with Gasteiger partial charge in [-0.05, 0) is 49.8 Å². The monoisotopic (exact) mass is 465 g/mol. The maximum absolute atomic E-state index is 12.9. The van der Waals surface area contributed by atoms with Gasteiger partial charge in [0.25, 0.3) is 0 Å². The van der Waals surface area contributed by atoms with Crippen LogP contribution in [0.4, 0.5) is 5.69 Å². The van der Waals surface area contributed by atoms with E-state index in [0.717, 1.165) is 0 Å². The summed E-state index contributed by atoms with van der Waals surface area (Å²) in [6, 6.07) is 19.2. The fraction of sp³-hybridized carbons (Fsp3) is 0.500. The van der Waals surface area contributed by atoms with Gasteiger partial charge in [0.2, 0.25) is 0 Å². The summed E-state index contributed by atoms with van der Waals surface area (Å²) in [5.74, 6) is -1.84. The molecule has 1 saturated carbocycles. The second-order valence-electron chi connectivity index (χ2n) is 9.19. The third-order valence-electron chi connectivity index (χ3n) is 7.50. The van der Waals surface area contributed by atoms with Crippen LogP contribution in [0.2, 0.25) is 0 Å². The number of benzene rings is 2. The van der Waals surface area contributed by atoms with Gasteiger partial charge >= 0.3 is 11.9 Å². The predicted molar refractivity (Wildman–Crippen MR) is 131 cm³/mol. The molecule has 1 fully saturated rings. The lowest BCUT2D eigenvalue weighted by Crippen LogP contribution is -2.56. The van der Waals surface area contributed by atoms with Crippen LogP contribution in [0.5, 0.6) is 0 Å². The minimum Gasteiger partial charge on any atom is -0.465 e. The van der Waals surface area contributed by atoms with Crippen LogP contribution in [-0.2, 0) is 23.8 Å². The fourth-order valence-electron chi connectivity index (χ4n) is 6.11. The number of ether oxygens (including phenoxy) is 3. The van der Waals surface area contributed by atoms with Gasteiger partial charge in [-0.25, -0.2) is 0 Å². The topological polar surface area (TPSA) is 65.1 Å². The fourth-order valence-corrected chi connectivity index (χ4v) is 6.11. The van der Waals surface area contributed by atoms with E-state index in [-0.39, 0.29) is 43.1 Å². The average molecular weight is 466 g/mol. The first-order chi connectivity index (χ1) is 16.5. The molecular weight excluding hydrogens is 430 g/mol. The van der Waals surface area contributed by atoms with Crippen molar-refractivity contribution in [3.63, 3.8) is 0 Å². The Hall–Kier alpha value is -2.86. The van der Waals surface area contributed by atoms with Crippen molar-refractivity contribution < 1.29 is 23.8 Å². The summed E-state index contributed by atoms with van der Waals surface area (Å²) in [7, 11) is 3.84. The lowest BCUT2D eigenvalue weighted by molar-refractivity contribution is -0.166. The zero-order valence-electron chi connectivity index (χ0n) is 20.5. The van der Waals surface area contributed by atoms with Gasteiger partial charge < -0.3 is 19.1 Å². The summed E-state index contributed by atoms with van der Waals surface area (Å²) < 4.78 is 16.7. The zero-order chi connectivity index (χ0) is 24.2. The molecule has 0 saturated heterocycles. The second kappa shape index (κ2) is 10.6. The number of hydrogen-bond donors (Lipinski definition) is 0. The van der Waals surface area contributed by atoms with Gasteiger partial charge in [0.05, 0.1) is 19.3 Å². The summed E-state index contributed by atoms with van der Waals surface area (Å²) in [5.41, 5.74) is 3.72. The van der Waals surface area contributed by atoms with Gasteiger partial charge in [0, 0.05) is 37.7 Å². The third kappa shape index (κ3) is 4.43. The molecule has 4 rings (SSSR count). The number of rotatable bonds is 7. The lowest BCUT2D eigenvalue weighted by Gasteiger charge is -2.53. The van der Waals surface area contributed by atoms with Crippen molar-refractivity contribution in [2.75, 3.05) is 32.3 Å². The maximum atomic E-state index is 12.9. The Morgan fingerprint density at radius 3 is 2.18 bits per heavy atom. The molecule has 1 heterocycles. The minimum atomic E-state index is -0.945. The molecule has 1 aliphatic carbocycles. The van der Waals surface area contributed by atoms with E-state index in [2.05, 4.69) is 60.5 Å². The minimum absolute atomic E-state index is 0.0927. The van der Waals surface area contributed by atoms with E-state index in [1.165, 1.54) is 16.8 Å². The van der Waals surface area contributed by atoms with Crippen LogP contribution in [0.1, 0.15) is 43.7 Å². The maximum Gasteiger partial charge on any atom is 0.320 e. The molecular formula is C28H35NO5. The summed E-state index contributed by atoms with van der Waals surface area (Å²) in [5, 5.41) is 0. The Morgan fingerprint density at radius 1 is 0.941 bits per heavy atom. The highest BCUT2D eigenvalue weighted by Gasteiger charge is 2.52. The van der Waals surface area contributed by atoms with Gasteiger partial charge in [0.15, 0.2) is 5.92 Å². The van der Waals surface area contributed by atoms with Crippen molar-refractivity contribution in [3.8, 4) is 0 Å². The lowest BCUT2D eigenvalue weighted by atomic mass is 9.62. The van der Waals surface area contributed by atoms with Crippen LogP contribution >= 0.6 is 0 Å². The molecule has 0 N–H and O–H groups in total. The van der Waals surface area contributed by atoms with Crippen LogP contribution < -0.4 is 4.90 Å². The molecule has 1 aliphatic heterocycles. The van der Waals surface area contributed by atoms with Gasteiger partial charge in [-0.15, -0.1) is 0 Å². The molecule has 2 aromatic carbocycles. The second-order valence-corrected chi connectivity index (χ2v) is 9.19. The number of anilines is 1. The number of hydrogen-bond acceptors (Lipinski definition) is 6. The molecule has 6 heteroatoms. The Kier molecular flexibility index (Phi) is 7.57. The molecule has 0 radical (unpaired) electrons. The van der Waals surface area contributed by atoms with Crippen molar-refractivity contribution in [2.45, 2.75) is 44.8 Å². The van der Waals surface area contributed by atoms with Crippen LogP contribution in [0.15, 0.2) is 54.6 Å². The Labute approximate surface area is 202 Å². The largest absolute Gasteiger partial charge is 0.465 e. The summed E-state index contributed by atoms with van der Waals surface area (Å²) in [6.07, 6.45) is 1.15. The number of fused-ring (bicyclic) bond motifs is 2. The Bertz CT molecular complexity index is 975. The van der Waals surface area contributed by atoms with Crippen LogP contribution in [0, 0.1) is 17.8 Å². The Morgan fingerprint density at radius 2 is 1.56 bits per heavy atom. The number of carbonyl (C=O) groups excluding carboxylic acids is 2. The van der Waals surface area contributed by atoms with Gasteiger partial charge in [0.1, 0.15) is 0 Å². The standard InChI is InChI=1S/C28H35NO5/c1-5-33-27(30)25(28(31)34-6-2)19-16-22-26(23(17-19)32-4)24(18-12-8-7-9-13-18)20-14-10-11-15-21(20)29(22)3/h7-15,19,22-26H,5-6,16-17H2,1-4H3/t19-,22+,23+,24+,26-/m1/s1. The molecule has 2 aliphatic rings. The van der Waals surface area contributed by atoms with E-state index >= 15 is 0 Å². The van der Waals surface area contributed by atoms with E-state index in [1.54, 1.807) is 21.0 Å². The number of nitrogens with zero attached hydrogens (tertiary/aromatic N) is 1. The quantitative estimate of drug-likeness (QED) is 0.446. The first kappa shape index (κ1) is 24.3. The number of methoxy groups -OCH3 is 1. The van der Waals surface area contributed by atoms with Crippen LogP contribution in [0.25, 0.3) is 0 Å². The molecule has 2 aromatic rings. The van der Waals surface area contributed by atoms with Crippen LogP contribution in [-0.4, -0.2) is 51.5 Å². The highest BCUT2D eigenvalue weighted by Crippen LogP contribution is 2.52. The SMILES string of the molecule is CCOC(=O)C(C(=O)OCC)[C@H]1C[C@H](OC)[C@@H]2[C@@H](c3ccccc3)c3ccccc3N(C)[C@H]2C1.